The van der Waals surface area contributed by atoms with Gasteiger partial charge < -0.3 is 25.8 Å². The third-order valence-corrected chi connectivity index (χ3v) is 7.63. The largest absolute Gasteiger partial charge is 0.353 e. The van der Waals surface area contributed by atoms with Crippen LogP contribution < -0.4 is 20.9 Å². The monoisotopic (exact) mass is 521 g/mol. The van der Waals surface area contributed by atoms with Crippen LogP contribution in [-0.2, 0) is 17.9 Å². The lowest BCUT2D eigenvalue weighted by Crippen LogP contribution is -2.49. The van der Waals surface area contributed by atoms with E-state index in [1.54, 1.807) is 0 Å². The molecule has 0 spiro atoms. The van der Waals surface area contributed by atoms with Crippen molar-refractivity contribution in [2.24, 2.45) is 0 Å². The summed E-state index contributed by atoms with van der Waals surface area (Å²) < 4.78 is 0. The zero-order chi connectivity index (χ0) is 26.6. The minimum atomic E-state index is 0.261. The zero-order valence-corrected chi connectivity index (χ0v) is 23.5. The number of benzene rings is 1. The second-order valence-electron chi connectivity index (χ2n) is 10.8. The first kappa shape index (κ1) is 28.3. The minimum Gasteiger partial charge on any atom is -0.353 e. The fourth-order valence-electron chi connectivity index (χ4n) is 5.37. The van der Waals surface area contributed by atoms with Gasteiger partial charge in [-0.2, -0.15) is 4.98 Å². The molecule has 1 saturated carbocycles. The van der Waals surface area contributed by atoms with Crippen LogP contribution in [-0.4, -0.2) is 66.1 Å². The Morgan fingerprint density at radius 2 is 1.66 bits per heavy atom. The van der Waals surface area contributed by atoms with Crippen LogP contribution >= 0.6 is 0 Å². The van der Waals surface area contributed by atoms with Crippen molar-refractivity contribution in [3.05, 3.63) is 47.2 Å². The Kier molecular flexibility index (Phi) is 11.2. The molecule has 1 saturated heterocycles. The van der Waals surface area contributed by atoms with Gasteiger partial charge >= 0.3 is 0 Å². The number of hydrogen-bond donors (Lipinski definition) is 3. The molecule has 8 nitrogen and oxygen atoms in total. The highest BCUT2D eigenvalue weighted by Crippen LogP contribution is 2.19. The predicted octanol–water partition coefficient (Wildman–Crippen LogP) is 4.25. The van der Waals surface area contributed by atoms with E-state index in [2.05, 4.69) is 57.0 Å². The Morgan fingerprint density at radius 3 is 2.37 bits per heavy atom. The molecule has 1 aliphatic heterocycles. The summed E-state index contributed by atoms with van der Waals surface area (Å²) in [6.07, 6.45) is 9.60. The second-order valence-corrected chi connectivity index (χ2v) is 10.8. The molecular formula is C30H47N7O. The SMILES string of the molecule is CCCC(=O)N1CCN(c2cc(C)nc(NCc3ccc(CNCCCNC4CCCCC4)cc3)n2)CC1. The van der Waals surface area contributed by atoms with Crippen LogP contribution in [0.4, 0.5) is 11.8 Å². The van der Waals surface area contributed by atoms with E-state index >= 15 is 0 Å². The lowest BCUT2D eigenvalue weighted by atomic mass is 9.95. The molecule has 8 heteroatoms. The molecule has 2 aromatic rings. The molecular weight excluding hydrogens is 474 g/mol. The molecule has 38 heavy (non-hydrogen) atoms. The van der Waals surface area contributed by atoms with E-state index in [4.69, 9.17) is 4.98 Å². The number of hydrogen-bond acceptors (Lipinski definition) is 7. The van der Waals surface area contributed by atoms with E-state index in [1.165, 1.54) is 49.7 Å². The van der Waals surface area contributed by atoms with Crippen molar-refractivity contribution in [3.8, 4) is 0 Å². The van der Waals surface area contributed by atoms with Gasteiger partial charge in [-0.25, -0.2) is 4.98 Å². The lowest BCUT2D eigenvalue weighted by Gasteiger charge is -2.35. The van der Waals surface area contributed by atoms with Crippen LogP contribution in [0.25, 0.3) is 0 Å². The smallest absolute Gasteiger partial charge is 0.225 e. The number of nitrogens with zero attached hydrogens (tertiary/aromatic N) is 4. The van der Waals surface area contributed by atoms with Crippen LogP contribution in [0.5, 0.6) is 0 Å². The van der Waals surface area contributed by atoms with Gasteiger partial charge in [0, 0.05) is 63.5 Å². The fraction of sp³-hybridized carbons (Fsp3) is 0.633. The number of carbonyl (C=O) groups excluding carboxylic acids is 1. The Morgan fingerprint density at radius 1 is 0.947 bits per heavy atom. The molecule has 2 aliphatic rings. The number of nitrogens with one attached hydrogen (secondary N) is 3. The maximum atomic E-state index is 12.2. The van der Waals surface area contributed by atoms with E-state index in [1.807, 2.05) is 17.9 Å². The van der Waals surface area contributed by atoms with Crippen LogP contribution in [0.3, 0.4) is 0 Å². The summed E-state index contributed by atoms with van der Waals surface area (Å²) in [7, 11) is 0. The molecule has 0 bridgehead atoms. The van der Waals surface area contributed by atoms with Gasteiger partial charge in [-0.15, -0.1) is 0 Å². The summed E-state index contributed by atoms with van der Waals surface area (Å²) in [6, 6.07) is 11.5. The maximum absolute atomic E-state index is 12.2. The Hall–Kier alpha value is -2.71. The van der Waals surface area contributed by atoms with E-state index in [0.29, 0.717) is 18.9 Å². The van der Waals surface area contributed by atoms with Crippen molar-refractivity contribution in [1.29, 1.82) is 0 Å². The van der Waals surface area contributed by atoms with E-state index in [9.17, 15) is 4.79 Å². The first-order valence-corrected chi connectivity index (χ1v) is 14.7. The molecule has 2 heterocycles. The van der Waals surface area contributed by atoms with Crippen molar-refractivity contribution in [1.82, 2.24) is 25.5 Å². The number of aromatic nitrogens is 2. The molecule has 208 valence electrons. The number of aryl methyl sites for hydroxylation is 1. The van der Waals surface area contributed by atoms with E-state index in [-0.39, 0.29) is 5.91 Å². The molecule has 0 radical (unpaired) electrons. The first-order chi connectivity index (χ1) is 18.6. The standard InChI is InChI=1S/C30H47N7O/c1-3-8-29(38)37-19-17-36(18-20-37)28-21-24(2)34-30(35-28)33-23-26-13-11-25(12-14-26)22-31-15-7-16-32-27-9-5-4-6-10-27/h11-14,21,27,31-32H,3-10,15-20,22-23H2,1-2H3,(H,33,34,35). The Labute approximate surface area is 229 Å². The number of amides is 1. The van der Waals surface area contributed by atoms with Crippen LogP contribution in [0.2, 0.25) is 0 Å². The molecule has 1 aliphatic carbocycles. The number of anilines is 2. The van der Waals surface area contributed by atoms with Gasteiger partial charge in [0.05, 0.1) is 0 Å². The van der Waals surface area contributed by atoms with E-state index in [0.717, 1.165) is 69.8 Å². The maximum Gasteiger partial charge on any atom is 0.225 e. The number of rotatable bonds is 13. The topological polar surface area (TPSA) is 85.4 Å². The number of carbonyl (C=O) groups is 1. The fourth-order valence-corrected chi connectivity index (χ4v) is 5.37. The van der Waals surface area contributed by atoms with Crippen LogP contribution in [0, 0.1) is 6.92 Å². The highest BCUT2D eigenvalue weighted by Gasteiger charge is 2.22. The van der Waals surface area contributed by atoms with Crippen molar-refractivity contribution in [2.45, 2.75) is 84.3 Å². The predicted molar refractivity (Wildman–Crippen MR) is 155 cm³/mol. The quantitative estimate of drug-likeness (QED) is 0.340. The molecule has 1 aromatic carbocycles. The van der Waals surface area contributed by atoms with Crippen molar-refractivity contribution in [2.75, 3.05) is 49.5 Å². The van der Waals surface area contributed by atoms with E-state index < -0.39 is 0 Å². The Bertz CT molecular complexity index is 983. The molecule has 2 fully saturated rings. The molecule has 1 amide bonds. The van der Waals surface area contributed by atoms with Crippen molar-refractivity contribution >= 4 is 17.7 Å². The molecule has 3 N–H and O–H groups in total. The van der Waals surface area contributed by atoms with Gasteiger partial charge in [0.15, 0.2) is 0 Å². The lowest BCUT2D eigenvalue weighted by molar-refractivity contribution is -0.131. The van der Waals surface area contributed by atoms with Gasteiger partial charge in [-0.3, -0.25) is 4.79 Å². The summed E-state index contributed by atoms with van der Waals surface area (Å²) in [5.74, 6) is 1.84. The van der Waals surface area contributed by atoms with Gasteiger partial charge in [0.1, 0.15) is 5.82 Å². The summed E-state index contributed by atoms with van der Waals surface area (Å²) in [4.78, 5) is 25.8. The average molecular weight is 522 g/mol. The van der Waals surface area contributed by atoms with Gasteiger partial charge in [0.2, 0.25) is 11.9 Å². The van der Waals surface area contributed by atoms with Crippen LogP contribution in [0.15, 0.2) is 30.3 Å². The summed E-state index contributed by atoms with van der Waals surface area (Å²) in [6.45, 7) is 10.9. The first-order valence-electron chi connectivity index (χ1n) is 14.7. The van der Waals surface area contributed by atoms with Gasteiger partial charge in [-0.05, 0) is 56.8 Å². The molecule has 0 atom stereocenters. The van der Waals surface area contributed by atoms with Crippen molar-refractivity contribution in [3.63, 3.8) is 0 Å². The second kappa shape index (κ2) is 15.0. The number of piperazine rings is 1. The normalized spacial score (nSPS) is 16.6. The van der Waals surface area contributed by atoms with Crippen molar-refractivity contribution < 1.29 is 4.79 Å². The summed E-state index contributed by atoms with van der Waals surface area (Å²) in [5.41, 5.74) is 3.46. The van der Waals surface area contributed by atoms with Crippen LogP contribution in [0.1, 0.15) is 75.1 Å². The average Bonchev–Trinajstić information content (AvgIpc) is 2.95. The molecule has 1 aromatic heterocycles. The third-order valence-electron chi connectivity index (χ3n) is 7.63. The third kappa shape index (κ3) is 8.95. The highest BCUT2D eigenvalue weighted by molar-refractivity contribution is 5.76. The summed E-state index contributed by atoms with van der Waals surface area (Å²) >= 11 is 0. The molecule has 0 unspecified atom stereocenters. The zero-order valence-electron chi connectivity index (χ0n) is 23.5. The highest BCUT2D eigenvalue weighted by atomic mass is 16.2. The molecule has 4 rings (SSSR count). The van der Waals surface area contributed by atoms with Gasteiger partial charge in [0.25, 0.3) is 0 Å². The van der Waals surface area contributed by atoms with Gasteiger partial charge in [-0.1, -0.05) is 50.5 Å². The Balaban J connectivity index is 1.17. The minimum absolute atomic E-state index is 0.261. The summed E-state index contributed by atoms with van der Waals surface area (Å²) in [5, 5.41) is 10.7.